The summed E-state index contributed by atoms with van der Waals surface area (Å²) in [7, 11) is 1.91. The maximum absolute atomic E-state index is 12.7. The van der Waals surface area contributed by atoms with E-state index in [0.29, 0.717) is 20.5 Å². The molecule has 0 aliphatic carbocycles. The molecule has 7 heteroatoms. The molecule has 1 aromatic carbocycles. The van der Waals surface area contributed by atoms with Crippen molar-refractivity contribution in [3.8, 4) is 0 Å². The quantitative estimate of drug-likeness (QED) is 0.672. The van der Waals surface area contributed by atoms with E-state index < -0.39 is 5.97 Å². The van der Waals surface area contributed by atoms with Crippen LogP contribution in [-0.4, -0.2) is 25.9 Å². The first-order chi connectivity index (χ1) is 11.5. The molecule has 1 aliphatic heterocycles. The molecule has 2 heterocycles. The van der Waals surface area contributed by atoms with E-state index >= 15 is 0 Å². The number of thiocarbonyl (C=S) groups is 1. The van der Waals surface area contributed by atoms with Gasteiger partial charge in [0.2, 0.25) is 0 Å². The second kappa shape index (κ2) is 6.62. The molecule has 3 rings (SSSR count). The van der Waals surface area contributed by atoms with Crippen LogP contribution in [0.15, 0.2) is 47.5 Å². The zero-order valence-corrected chi connectivity index (χ0v) is 14.4. The standard InChI is InChI=1S/C17H14N2O3S2/c1-18-8-2-3-13(18)10-14-16(22)19(17(23)24-14)12-6-4-11(5-7-12)9-15(20)21/h2-8,10H,9H2,1H3,(H,20,21)/b14-10+. The first-order valence-corrected chi connectivity index (χ1v) is 8.38. The topological polar surface area (TPSA) is 62.5 Å². The van der Waals surface area contributed by atoms with E-state index in [1.807, 2.05) is 36.0 Å². The number of nitrogens with zero attached hydrogens (tertiary/aromatic N) is 2. The highest BCUT2D eigenvalue weighted by Gasteiger charge is 2.33. The van der Waals surface area contributed by atoms with Crippen molar-refractivity contribution in [2.75, 3.05) is 4.90 Å². The molecule has 122 valence electrons. The van der Waals surface area contributed by atoms with Crippen molar-refractivity contribution < 1.29 is 14.7 Å². The van der Waals surface area contributed by atoms with Crippen LogP contribution in [0.25, 0.3) is 6.08 Å². The molecule has 2 aromatic rings. The average Bonchev–Trinajstić information content (AvgIpc) is 3.04. The number of hydrogen-bond acceptors (Lipinski definition) is 4. The van der Waals surface area contributed by atoms with E-state index in [2.05, 4.69) is 0 Å². The van der Waals surface area contributed by atoms with Gasteiger partial charge >= 0.3 is 5.97 Å². The third-order valence-corrected chi connectivity index (χ3v) is 4.91. The van der Waals surface area contributed by atoms with Gasteiger partial charge < -0.3 is 9.67 Å². The van der Waals surface area contributed by atoms with Gasteiger partial charge in [-0.2, -0.15) is 0 Å². The fraction of sp³-hybridized carbons (Fsp3) is 0.118. The Morgan fingerprint density at radius 3 is 2.58 bits per heavy atom. The van der Waals surface area contributed by atoms with E-state index in [1.165, 1.54) is 16.7 Å². The van der Waals surface area contributed by atoms with Crippen molar-refractivity contribution in [1.29, 1.82) is 0 Å². The number of hydrogen-bond donors (Lipinski definition) is 1. The minimum Gasteiger partial charge on any atom is -0.481 e. The largest absolute Gasteiger partial charge is 0.481 e. The molecule has 1 N–H and O–H groups in total. The van der Waals surface area contributed by atoms with Crippen molar-refractivity contribution in [3.63, 3.8) is 0 Å². The lowest BCUT2D eigenvalue weighted by atomic mass is 10.1. The Hall–Kier alpha value is -2.38. The number of carbonyl (C=O) groups excluding carboxylic acids is 1. The Bertz CT molecular complexity index is 853. The van der Waals surface area contributed by atoms with Crippen molar-refractivity contribution in [1.82, 2.24) is 4.57 Å². The minimum absolute atomic E-state index is 0.0495. The van der Waals surface area contributed by atoms with Crippen LogP contribution in [0.2, 0.25) is 0 Å². The predicted molar refractivity (Wildman–Crippen MR) is 98.8 cm³/mol. The van der Waals surface area contributed by atoms with Gasteiger partial charge in [-0.3, -0.25) is 14.5 Å². The van der Waals surface area contributed by atoms with Gasteiger partial charge in [-0.05, 0) is 35.9 Å². The van der Waals surface area contributed by atoms with Gasteiger partial charge in [-0.25, -0.2) is 0 Å². The second-order valence-corrected chi connectivity index (χ2v) is 6.97. The van der Waals surface area contributed by atoms with E-state index in [-0.39, 0.29) is 12.3 Å². The molecule has 0 atom stereocenters. The molecule has 0 unspecified atom stereocenters. The number of thioether (sulfide) groups is 1. The molecule has 0 bridgehead atoms. The Morgan fingerprint density at radius 2 is 2.00 bits per heavy atom. The zero-order valence-electron chi connectivity index (χ0n) is 12.8. The highest BCUT2D eigenvalue weighted by atomic mass is 32.2. The van der Waals surface area contributed by atoms with E-state index in [9.17, 15) is 9.59 Å². The molecule has 1 saturated heterocycles. The number of benzene rings is 1. The number of aryl methyl sites for hydroxylation is 1. The maximum atomic E-state index is 12.7. The Kier molecular flexibility index (Phi) is 4.55. The fourth-order valence-corrected chi connectivity index (χ4v) is 3.67. The molecule has 24 heavy (non-hydrogen) atoms. The Morgan fingerprint density at radius 1 is 1.29 bits per heavy atom. The van der Waals surface area contributed by atoms with Gasteiger partial charge in [0.15, 0.2) is 4.32 Å². The van der Waals surface area contributed by atoms with Crippen LogP contribution in [0.1, 0.15) is 11.3 Å². The lowest BCUT2D eigenvalue weighted by Crippen LogP contribution is -2.27. The van der Waals surface area contributed by atoms with E-state index in [4.69, 9.17) is 17.3 Å². The first-order valence-electron chi connectivity index (χ1n) is 7.16. The number of aliphatic carboxylic acids is 1. The molecule has 1 amide bonds. The summed E-state index contributed by atoms with van der Waals surface area (Å²) in [6.07, 6.45) is 3.68. The minimum atomic E-state index is -0.890. The summed E-state index contributed by atoms with van der Waals surface area (Å²) >= 11 is 6.59. The maximum Gasteiger partial charge on any atom is 0.307 e. The van der Waals surface area contributed by atoms with Crippen molar-refractivity contribution in [3.05, 3.63) is 58.8 Å². The van der Waals surface area contributed by atoms with Crippen molar-refractivity contribution in [2.24, 2.45) is 7.05 Å². The van der Waals surface area contributed by atoms with Crippen LogP contribution in [0.5, 0.6) is 0 Å². The van der Waals surface area contributed by atoms with Gasteiger partial charge in [0.1, 0.15) is 0 Å². The van der Waals surface area contributed by atoms with Gasteiger partial charge in [-0.15, -0.1) is 0 Å². The van der Waals surface area contributed by atoms with Crippen LogP contribution < -0.4 is 4.90 Å². The number of anilines is 1. The Balaban J connectivity index is 1.85. The number of aromatic nitrogens is 1. The number of carbonyl (C=O) groups is 2. The monoisotopic (exact) mass is 358 g/mol. The Labute approximate surface area is 148 Å². The van der Waals surface area contributed by atoms with E-state index in [1.54, 1.807) is 24.3 Å². The van der Waals surface area contributed by atoms with Gasteiger partial charge in [-0.1, -0.05) is 36.1 Å². The number of rotatable bonds is 4. The summed E-state index contributed by atoms with van der Waals surface area (Å²) in [5.74, 6) is -1.06. The van der Waals surface area contributed by atoms with Gasteiger partial charge in [0, 0.05) is 18.9 Å². The number of amides is 1. The molecule has 0 saturated carbocycles. The third-order valence-electron chi connectivity index (χ3n) is 3.61. The van der Waals surface area contributed by atoms with Crippen LogP contribution >= 0.6 is 24.0 Å². The molecule has 0 spiro atoms. The fourth-order valence-electron chi connectivity index (χ4n) is 2.39. The van der Waals surface area contributed by atoms with Crippen molar-refractivity contribution in [2.45, 2.75) is 6.42 Å². The molecule has 0 radical (unpaired) electrons. The molecular weight excluding hydrogens is 344 g/mol. The summed E-state index contributed by atoms with van der Waals surface area (Å²) in [6, 6.07) is 10.7. The normalized spacial score (nSPS) is 16.2. The summed E-state index contributed by atoms with van der Waals surface area (Å²) in [4.78, 5) is 25.4. The van der Waals surface area contributed by atoms with Gasteiger partial charge in [0.25, 0.3) is 5.91 Å². The predicted octanol–water partition coefficient (Wildman–Crippen LogP) is 3.06. The molecular formula is C17H14N2O3S2. The molecule has 1 fully saturated rings. The van der Waals surface area contributed by atoms with Gasteiger partial charge in [0.05, 0.1) is 17.0 Å². The third kappa shape index (κ3) is 3.27. The van der Waals surface area contributed by atoms with Crippen LogP contribution in [0, 0.1) is 0 Å². The smallest absolute Gasteiger partial charge is 0.307 e. The zero-order chi connectivity index (χ0) is 17.3. The first kappa shape index (κ1) is 16.5. The highest BCUT2D eigenvalue weighted by Crippen LogP contribution is 2.36. The molecule has 1 aromatic heterocycles. The van der Waals surface area contributed by atoms with E-state index in [0.717, 1.165) is 5.69 Å². The highest BCUT2D eigenvalue weighted by molar-refractivity contribution is 8.27. The van der Waals surface area contributed by atoms with Crippen LogP contribution in [0.4, 0.5) is 5.69 Å². The summed E-state index contributed by atoms with van der Waals surface area (Å²) in [5.41, 5.74) is 2.24. The molecule has 5 nitrogen and oxygen atoms in total. The lowest BCUT2D eigenvalue weighted by Gasteiger charge is -2.14. The summed E-state index contributed by atoms with van der Waals surface area (Å²) < 4.78 is 2.39. The number of carboxylic acids is 1. The average molecular weight is 358 g/mol. The SMILES string of the molecule is Cn1cccc1/C=C1/SC(=S)N(c2ccc(CC(=O)O)cc2)C1=O. The summed E-state index contributed by atoms with van der Waals surface area (Å²) in [6.45, 7) is 0. The molecule has 1 aliphatic rings. The van der Waals surface area contributed by atoms with Crippen LogP contribution in [-0.2, 0) is 23.1 Å². The van der Waals surface area contributed by atoms with Crippen molar-refractivity contribution >= 4 is 51.9 Å². The number of carboxylic acid groups (broad SMARTS) is 1. The lowest BCUT2D eigenvalue weighted by molar-refractivity contribution is -0.136. The van der Waals surface area contributed by atoms with Crippen LogP contribution in [0.3, 0.4) is 0 Å². The second-order valence-electron chi connectivity index (χ2n) is 5.30. The summed E-state index contributed by atoms with van der Waals surface area (Å²) in [5, 5.41) is 8.81.